The lowest BCUT2D eigenvalue weighted by atomic mass is 10.1. The summed E-state index contributed by atoms with van der Waals surface area (Å²) < 4.78 is 33.1. The molecule has 0 aliphatic heterocycles. The molecule has 0 radical (unpaired) electrons. The molecule has 0 saturated heterocycles. The largest absolute Gasteiger partial charge is 0.493 e. The van der Waals surface area contributed by atoms with E-state index in [0.717, 1.165) is 6.42 Å². The van der Waals surface area contributed by atoms with Gasteiger partial charge in [-0.15, -0.1) is 6.58 Å². The third kappa shape index (κ3) is 9.60. The molecule has 0 saturated carbocycles. The van der Waals surface area contributed by atoms with Gasteiger partial charge >= 0.3 is 11.9 Å². The van der Waals surface area contributed by atoms with Gasteiger partial charge in [-0.05, 0) is 32.4 Å². The lowest BCUT2D eigenvalue weighted by molar-refractivity contribution is -0.158. The Kier molecular flexibility index (Phi) is 12.7. The number of amides is 1. The molecule has 0 unspecified atom stereocenters. The number of ether oxygens (including phenoxy) is 6. The van der Waals surface area contributed by atoms with Gasteiger partial charge in [-0.1, -0.05) is 31.2 Å². The third-order valence-electron chi connectivity index (χ3n) is 5.32. The molecule has 2 rings (SSSR count). The van der Waals surface area contributed by atoms with Gasteiger partial charge in [0.25, 0.3) is 5.91 Å². The highest BCUT2D eigenvalue weighted by molar-refractivity contribution is 5.98. The SMILES string of the molecule is C=C[C@H](OCCC)[C@@H](Oc1ccccc1)[C@H](C)OC(=O)[C@H](C)NC(=O)c1nccc(OC)c1OCOC(C)=O. The molecule has 212 valence electrons. The van der Waals surface area contributed by atoms with Crippen LogP contribution in [0.4, 0.5) is 0 Å². The van der Waals surface area contributed by atoms with Crippen LogP contribution in [0.2, 0.25) is 0 Å². The average Bonchev–Trinajstić information content (AvgIpc) is 2.92. The predicted molar refractivity (Wildman–Crippen MR) is 142 cm³/mol. The van der Waals surface area contributed by atoms with E-state index in [2.05, 4.69) is 16.9 Å². The lowest BCUT2D eigenvalue weighted by Gasteiger charge is -2.31. The number of esters is 2. The van der Waals surface area contributed by atoms with Gasteiger partial charge in [-0.3, -0.25) is 9.59 Å². The molecule has 11 nitrogen and oxygen atoms in total. The Balaban J connectivity index is 2.14. The second kappa shape index (κ2) is 16.0. The van der Waals surface area contributed by atoms with Crippen LogP contribution in [-0.2, 0) is 23.8 Å². The number of nitrogens with zero attached hydrogens (tertiary/aromatic N) is 1. The first-order chi connectivity index (χ1) is 18.7. The summed E-state index contributed by atoms with van der Waals surface area (Å²) in [6.45, 7) is 10.2. The van der Waals surface area contributed by atoms with Crippen LogP contribution in [0.1, 0.15) is 44.6 Å². The number of rotatable bonds is 16. The fourth-order valence-electron chi connectivity index (χ4n) is 3.38. The molecule has 0 fully saturated rings. The number of benzene rings is 1. The summed E-state index contributed by atoms with van der Waals surface area (Å²) in [5.41, 5.74) is -0.167. The van der Waals surface area contributed by atoms with E-state index in [1.54, 1.807) is 25.1 Å². The van der Waals surface area contributed by atoms with Gasteiger partial charge in [-0.25, -0.2) is 9.78 Å². The van der Waals surface area contributed by atoms with Crippen LogP contribution in [0.5, 0.6) is 17.2 Å². The van der Waals surface area contributed by atoms with Crippen molar-refractivity contribution >= 4 is 17.8 Å². The summed E-state index contributed by atoms with van der Waals surface area (Å²) in [5, 5.41) is 2.55. The van der Waals surface area contributed by atoms with Gasteiger partial charge in [0, 0.05) is 25.8 Å². The minimum absolute atomic E-state index is 0.0501. The van der Waals surface area contributed by atoms with E-state index < -0.39 is 49.0 Å². The van der Waals surface area contributed by atoms with Crippen molar-refractivity contribution in [3.05, 3.63) is 60.9 Å². The number of nitrogens with one attached hydrogen (secondary N) is 1. The van der Waals surface area contributed by atoms with Crippen LogP contribution in [0.25, 0.3) is 0 Å². The van der Waals surface area contributed by atoms with Gasteiger partial charge in [-0.2, -0.15) is 0 Å². The summed E-state index contributed by atoms with van der Waals surface area (Å²) in [4.78, 5) is 41.1. The number of carbonyl (C=O) groups excluding carboxylic acids is 3. The zero-order valence-electron chi connectivity index (χ0n) is 22.9. The molecule has 39 heavy (non-hydrogen) atoms. The van der Waals surface area contributed by atoms with Crippen LogP contribution in [-0.4, -0.2) is 67.7 Å². The first-order valence-electron chi connectivity index (χ1n) is 12.5. The number of para-hydroxylation sites is 1. The van der Waals surface area contributed by atoms with Crippen molar-refractivity contribution in [2.24, 2.45) is 0 Å². The van der Waals surface area contributed by atoms with E-state index in [-0.39, 0.29) is 17.2 Å². The Labute approximate surface area is 228 Å². The summed E-state index contributed by atoms with van der Waals surface area (Å²) in [6.07, 6.45) is 1.69. The zero-order chi connectivity index (χ0) is 28.8. The van der Waals surface area contributed by atoms with Crippen molar-refractivity contribution in [3.63, 3.8) is 0 Å². The quantitative estimate of drug-likeness (QED) is 0.190. The monoisotopic (exact) mass is 544 g/mol. The molecule has 1 aromatic carbocycles. The van der Waals surface area contributed by atoms with Crippen molar-refractivity contribution in [3.8, 4) is 17.2 Å². The fraction of sp³-hybridized carbons (Fsp3) is 0.429. The van der Waals surface area contributed by atoms with Gasteiger partial charge < -0.3 is 33.7 Å². The van der Waals surface area contributed by atoms with E-state index in [0.29, 0.717) is 12.4 Å². The Hall–Kier alpha value is -4.12. The Morgan fingerprint density at radius 2 is 1.85 bits per heavy atom. The number of hydrogen-bond acceptors (Lipinski definition) is 10. The number of aromatic nitrogens is 1. The van der Waals surface area contributed by atoms with Crippen LogP contribution in [0.3, 0.4) is 0 Å². The van der Waals surface area contributed by atoms with Crippen molar-refractivity contribution in [1.82, 2.24) is 10.3 Å². The van der Waals surface area contributed by atoms with Crippen LogP contribution >= 0.6 is 0 Å². The molecular formula is C28H36N2O9. The highest BCUT2D eigenvalue weighted by Gasteiger charge is 2.32. The third-order valence-corrected chi connectivity index (χ3v) is 5.32. The first-order valence-corrected chi connectivity index (χ1v) is 12.5. The summed E-state index contributed by atoms with van der Waals surface area (Å²) in [5.74, 6) is -1.29. The van der Waals surface area contributed by atoms with E-state index in [1.165, 1.54) is 33.2 Å². The van der Waals surface area contributed by atoms with Crippen LogP contribution in [0.15, 0.2) is 55.3 Å². The molecule has 1 amide bonds. The van der Waals surface area contributed by atoms with E-state index in [9.17, 15) is 14.4 Å². The molecule has 1 aromatic heterocycles. The Morgan fingerprint density at radius 3 is 2.46 bits per heavy atom. The standard InChI is InChI=1S/C28H36N2O9/c1-7-16-35-22(8-2)25(39-21-12-10-9-11-13-21)19(4)38-28(33)18(3)30-27(32)24-26(37-17-36-20(5)31)23(34-6)14-15-29-24/h8-15,18-19,22,25H,2,7,16-17H2,1,3-6H3,(H,30,32)/t18-,19-,22-,25-/m0/s1. The fourth-order valence-corrected chi connectivity index (χ4v) is 3.38. The molecule has 1 N–H and O–H groups in total. The van der Waals surface area contributed by atoms with E-state index in [1.807, 2.05) is 25.1 Å². The topological polar surface area (TPSA) is 132 Å². The number of methoxy groups -OCH3 is 1. The minimum Gasteiger partial charge on any atom is -0.493 e. The summed E-state index contributed by atoms with van der Waals surface area (Å²) in [6, 6.07) is 9.49. The van der Waals surface area contributed by atoms with E-state index in [4.69, 9.17) is 28.4 Å². The molecule has 0 aliphatic carbocycles. The summed E-state index contributed by atoms with van der Waals surface area (Å²) in [7, 11) is 1.38. The Bertz CT molecular complexity index is 1090. The lowest BCUT2D eigenvalue weighted by Crippen LogP contribution is -2.47. The van der Waals surface area contributed by atoms with Crippen molar-refractivity contribution in [2.45, 2.75) is 58.5 Å². The van der Waals surface area contributed by atoms with Gasteiger partial charge in [0.05, 0.1) is 7.11 Å². The molecule has 4 atom stereocenters. The second-order valence-corrected chi connectivity index (χ2v) is 8.39. The maximum absolute atomic E-state index is 13.0. The Morgan fingerprint density at radius 1 is 1.13 bits per heavy atom. The molecule has 0 bridgehead atoms. The highest BCUT2D eigenvalue weighted by atomic mass is 16.7. The molecule has 1 heterocycles. The number of hydrogen-bond donors (Lipinski definition) is 1. The number of pyridine rings is 1. The summed E-state index contributed by atoms with van der Waals surface area (Å²) >= 11 is 0. The number of carbonyl (C=O) groups is 3. The normalized spacial score (nSPS) is 13.7. The van der Waals surface area contributed by atoms with Crippen LogP contribution < -0.4 is 19.5 Å². The average molecular weight is 545 g/mol. The maximum atomic E-state index is 13.0. The van der Waals surface area contributed by atoms with Crippen molar-refractivity contribution in [2.75, 3.05) is 20.5 Å². The zero-order valence-corrected chi connectivity index (χ0v) is 22.9. The second-order valence-electron chi connectivity index (χ2n) is 8.39. The van der Waals surface area contributed by atoms with Gasteiger partial charge in [0.15, 0.2) is 23.3 Å². The van der Waals surface area contributed by atoms with Gasteiger partial charge in [0.1, 0.15) is 24.0 Å². The predicted octanol–water partition coefficient (Wildman–Crippen LogP) is 3.47. The molecule has 11 heteroatoms. The molecule has 0 spiro atoms. The smallest absolute Gasteiger partial charge is 0.328 e. The minimum atomic E-state index is -1.06. The highest BCUT2D eigenvalue weighted by Crippen LogP contribution is 2.29. The van der Waals surface area contributed by atoms with E-state index >= 15 is 0 Å². The van der Waals surface area contributed by atoms with Gasteiger partial charge in [0.2, 0.25) is 6.79 Å². The molecular weight excluding hydrogens is 508 g/mol. The first kappa shape index (κ1) is 31.1. The molecule has 0 aliphatic rings. The van der Waals surface area contributed by atoms with Crippen molar-refractivity contribution < 1.29 is 42.8 Å². The maximum Gasteiger partial charge on any atom is 0.328 e. The van der Waals surface area contributed by atoms with Crippen LogP contribution in [0, 0.1) is 0 Å². The van der Waals surface area contributed by atoms with Crippen molar-refractivity contribution in [1.29, 1.82) is 0 Å². The molecule has 2 aromatic rings.